The molecule has 114 valence electrons. The highest BCUT2D eigenvalue weighted by Crippen LogP contribution is 2.29. The summed E-state index contributed by atoms with van der Waals surface area (Å²) in [6.07, 6.45) is -4.72. The van der Waals surface area contributed by atoms with Crippen molar-refractivity contribution in [2.75, 3.05) is 14.1 Å². The average molecular weight is 321 g/mol. The minimum Gasteiger partial charge on any atom is -0.329 e. The van der Waals surface area contributed by atoms with Gasteiger partial charge in [0.25, 0.3) is 0 Å². The molecule has 0 radical (unpaired) electrons. The van der Waals surface area contributed by atoms with Gasteiger partial charge in [-0.3, -0.25) is 0 Å². The Morgan fingerprint density at radius 2 is 1.71 bits per heavy atom. The molecular weight excluding hydrogens is 311 g/mol. The molecule has 0 aliphatic rings. The van der Waals surface area contributed by atoms with Crippen LogP contribution in [0.5, 0.6) is 0 Å². The van der Waals surface area contributed by atoms with Gasteiger partial charge in [-0.1, -0.05) is 5.16 Å². The Kier molecular flexibility index (Phi) is 3.76. The Morgan fingerprint density at radius 1 is 1.14 bits per heavy atom. The maximum Gasteiger partial charge on any atom is 0.471 e. The predicted molar refractivity (Wildman–Crippen MR) is 65.6 cm³/mol. The van der Waals surface area contributed by atoms with E-state index >= 15 is 0 Å². The second kappa shape index (κ2) is 5.11. The Bertz CT molecular complexity index is 736. The van der Waals surface area contributed by atoms with E-state index in [-0.39, 0.29) is 16.3 Å². The molecule has 0 amide bonds. The van der Waals surface area contributed by atoms with Gasteiger partial charge in [0.2, 0.25) is 15.8 Å². The molecule has 0 bridgehead atoms. The molecule has 0 atom stereocenters. The van der Waals surface area contributed by atoms with Crippen molar-refractivity contribution >= 4 is 10.0 Å². The van der Waals surface area contributed by atoms with E-state index < -0.39 is 22.1 Å². The van der Waals surface area contributed by atoms with Crippen molar-refractivity contribution in [3.05, 3.63) is 30.2 Å². The molecule has 0 fully saturated rings. The third kappa shape index (κ3) is 3.05. The zero-order valence-corrected chi connectivity index (χ0v) is 11.7. The zero-order valence-electron chi connectivity index (χ0n) is 10.9. The summed E-state index contributed by atoms with van der Waals surface area (Å²) in [5, 5.41) is 3.21. The fourth-order valence-corrected chi connectivity index (χ4v) is 2.34. The van der Waals surface area contributed by atoms with Crippen LogP contribution in [-0.4, -0.2) is 37.0 Å². The van der Waals surface area contributed by atoms with Crippen LogP contribution in [0.3, 0.4) is 0 Å². The van der Waals surface area contributed by atoms with Gasteiger partial charge in [-0.05, 0) is 24.3 Å². The molecule has 0 saturated carbocycles. The Balaban J connectivity index is 2.34. The van der Waals surface area contributed by atoms with E-state index in [1.165, 1.54) is 38.4 Å². The van der Waals surface area contributed by atoms with Gasteiger partial charge in [0.1, 0.15) is 0 Å². The van der Waals surface area contributed by atoms with Crippen LogP contribution in [0, 0.1) is 0 Å². The number of alkyl halides is 3. The molecule has 0 aliphatic carbocycles. The van der Waals surface area contributed by atoms with Gasteiger partial charge in [-0.15, -0.1) is 0 Å². The molecule has 6 nitrogen and oxygen atoms in total. The van der Waals surface area contributed by atoms with Gasteiger partial charge in [-0.2, -0.15) is 18.2 Å². The highest BCUT2D eigenvalue weighted by molar-refractivity contribution is 7.89. The molecule has 0 aliphatic heterocycles. The van der Waals surface area contributed by atoms with Crippen LogP contribution in [0.15, 0.2) is 33.7 Å². The number of aromatic nitrogens is 2. The highest BCUT2D eigenvalue weighted by atomic mass is 32.2. The normalized spacial score (nSPS) is 12.9. The lowest BCUT2D eigenvalue weighted by Gasteiger charge is -2.11. The van der Waals surface area contributed by atoms with E-state index in [9.17, 15) is 21.6 Å². The molecule has 0 unspecified atom stereocenters. The summed E-state index contributed by atoms with van der Waals surface area (Å²) in [7, 11) is -0.859. The van der Waals surface area contributed by atoms with Crippen molar-refractivity contribution in [1.29, 1.82) is 0 Å². The number of hydrogen-bond acceptors (Lipinski definition) is 5. The van der Waals surface area contributed by atoms with Crippen molar-refractivity contribution in [3.8, 4) is 11.4 Å². The van der Waals surface area contributed by atoms with Crippen LogP contribution in [0.25, 0.3) is 11.4 Å². The van der Waals surface area contributed by atoms with E-state index in [4.69, 9.17) is 0 Å². The second-order valence-electron chi connectivity index (χ2n) is 4.23. The second-order valence-corrected chi connectivity index (χ2v) is 6.38. The maximum absolute atomic E-state index is 12.3. The number of rotatable bonds is 3. The molecule has 1 aromatic carbocycles. The standard InChI is InChI=1S/C11H10F3N3O3S/c1-17(2)21(18,19)8-5-3-7(4-6-8)9-15-10(20-16-9)11(12,13)14/h3-6H,1-2H3. The number of nitrogens with zero attached hydrogens (tertiary/aromatic N) is 3. The van der Waals surface area contributed by atoms with Gasteiger partial charge < -0.3 is 4.52 Å². The third-order valence-corrected chi connectivity index (χ3v) is 4.39. The third-order valence-electron chi connectivity index (χ3n) is 2.56. The Hall–Kier alpha value is -1.94. The molecule has 0 spiro atoms. The topological polar surface area (TPSA) is 76.3 Å². The van der Waals surface area contributed by atoms with Gasteiger partial charge in [-0.25, -0.2) is 12.7 Å². The first kappa shape index (κ1) is 15.4. The Morgan fingerprint density at radius 3 is 2.14 bits per heavy atom. The quantitative estimate of drug-likeness (QED) is 0.864. The molecule has 0 saturated heterocycles. The van der Waals surface area contributed by atoms with Crippen LogP contribution in [0.2, 0.25) is 0 Å². The summed E-state index contributed by atoms with van der Waals surface area (Å²) >= 11 is 0. The largest absolute Gasteiger partial charge is 0.471 e. The Labute approximate surface area is 118 Å². The summed E-state index contributed by atoms with van der Waals surface area (Å²) in [5.41, 5.74) is 0.215. The first-order valence-electron chi connectivity index (χ1n) is 5.56. The smallest absolute Gasteiger partial charge is 0.329 e. The first-order chi connectivity index (χ1) is 9.62. The molecule has 10 heteroatoms. The lowest BCUT2D eigenvalue weighted by molar-refractivity contribution is -0.159. The molecule has 2 rings (SSSR count). The summed E-state index contributed by atoms with van der Waals surface area (Å²) in [5.74, 6) is -1.72. The van der Waals surface area contributed by atoms with Crippen molar-refractivity contribution < 1.29 is 26.1 Å². The minimum absolute atomic E-state index is 0.00999. The number of benzene rings is 1. The molecule has 21 heavy (non-hydrogen) atoms. The summed E-state index contributed by atoms with van der Waals surface area (Å²) in [6.45, 7) is 0. The lowest BCUT2D eigenvalue weighted by atomic mass is 10.2. The summed E-state index contributed by atoms with van der Waals surface area (Å²) in [4.78, 5) is 3.23. The van der Waals surface area contributed by atoms with Crippen LogP contribution in [-0.2, 0) is 16.2 Å². The zero-order chi connectivity index (χ0) is 15.8. The van der Waals surface area contributed by atoms with Gasteiger partial charge in [0.15, 0.2) is 0 Å². The first-order valence-corrected chi connectivity index (χ1v) is 7.00. The molecule has 2 aromatic rings. The monoisotopic (exact) mass is 321 g/mol. The van der Waals surface area contributed by atoms with Crippen LogP contribution in [0.4, 0.5) is 13.2 Å². The summed E-state index contributed by atoms with van der Waals surface area (Å²) < 4.78 is 65.9. The van der Waals surface area contributed by atoms with Crippen LogP contribution >= 0.6 is 0 Å². The highest BCUT2D eigenvalue weighted by Gasteiger charge is 2.38. The van der Waals surface area contributed by atoms with Crippen molar-refractivity contribution in [1.82, 2.24) is 14.4 Å². The van der Waals surface area contributed by atoms with Crippen LogP contribution < -0.4 is 0 Å². The van der Waals surface area contributed by atoms with Crippen molar-refractivity contribution in [3.63, 3.8) is 0 Å². The van der Waals surface area contributed by atoms with E-state index in [1.807, 2.05) is 0 Å². The van der Waals surface area contributed by atoms with E-state index in [2.05, 4.69) is 14.7 Å². The fraction of sp³-hybridized carbons (Fsp3) is 0.273. The number of sulfonamides is 1. The van der Waals surface area contributed by atoms with Crippen LogP contribution in [0.1, 0.15) is 5.89 Å². The van der Waals surface area contributed by atoms with E-state index in [0.29, 0.717) is 0 Å². The fourth-order valence-electron chi connectivity index (χ4n) is 1.44. The minimum atomic E-state index is -4.72. The van der Waals surface area contributed by atoms with Gasteiger partial charge in [0, 0.05) is 19.7 Å². The van der Waals surface area contributed by atoms with E-state index in [0.717, 1.165) is 4.31 Å². The molecule has 0 N–H and O–H groups in total. The number of halogens is 3. The van der Waals surface area contributed by atoms with Gasteiger partial charge >= 0.3 is 12.1 Å². The predicted octanol–water partition coefficient (Wildman–Crippen LogP) is 2.01. The van der Waals surface area contributed by atoms with Crippen molar-refractivity contribution in [2.45, 2.75) is 11.1 Å². The summed E-state index contributed by atoms with van der Waals surface area (Å²) in [6, 6.07) is 5.13. The maximum atomic E-state index is 12.3. The molecule has 1 aromatic heterocycles. The lowest BCUT2D eigenvalue weighted by Crippen LogP contribution is -2.22. The number of hydrogen-bond donors (Lipinski definition) is 0. The SMILES string of the molecule is CN(C)S(=O)(=O)c1ccc(-c2noc(C(F)(F)F)n2)cc1. The average Bonchev–Trinajstić information content (AvgIpc) is 2.88. The van der Waals surface area contributed by atoms with Gasteiger partial charge in [0.05, 0.1) is 4.90 Å². The van der Waals surface area contributed by atoms with Crippen molar-refractivity contribution in [2.24, 2.45) is 0 Å². The van der Waals surface area contributed by atoms with E-state index in [1.54, 1.807) is 0 Å². The molecular formula is C11H10F3N3O3S. The molecule has 1 heterocycles.